The summed E-state index contributed by atoms with van der Waals surface area (Å²) in [6.45, 7) is 9.99. The molecular formula is C16H27NOS. The molecule has 1 aromatic rings. The number of nitrogens with one attached hydrogen (secondary N) is 1. The third kappa shape index (κ3) is 3.21. The molecule has 1 N–H and O–H groups in total. The highest BCUT2D eigenvalue weighted by atomic mass is 32.1. The normalized spacial score (nSPS) is 25.7. The number of hydrogen-bond acceptors (Lipinski definition) is 3. The molecule has 3 atom stereocenters. The van der Waals surface area contributed by atoms with Crippen molar-refractivity contribution < 1.29 is 4.74 Å². The number of hydrogen-bond donors (Lipinski definition) is 1. The molecule has 1 aliphatic rings. The van der Waals surface area contributed by atoms with Crippen molar-refractivity contribution in [1.29, 1.82) is 0 Å². The number of rotatable bonds is 4. The Morgan fingerprint density at radius 2 is 2.16 bits per heavy atom. The van der Waals surface area contributed by atoms with Crippen LogP contribution in [0.1, 0.15) is 56.3 Å². The summed E-state index contributed by atoms with van der Waals surface area (Å²) in [5.41, 5.74) is 0.248. The van der Waals surface area contributed by atoms with Crippen molar-refractivity contribution in [1.82, 2.24) is 5.32 Å². The molecular weight excluding hydrogens is 254 g/mol. The van der Waals surface area contributed by atoms with Crippen molar-refractivity contribution in [3.63, 3.8) is 0 Å². The van der Waals surface area contributed by atoms with Crippen LogP contribution in [0.5, 0.6) is 0 Å². The standard InChI is InChI=1S/C16H27NOS/c1-6-12-11(9-10-18-12)15(17-5)13-7-8-14(19-13)16(2,3)4/h7-8,11-12,15,17H,6,9-10H2,1-5H3. The lowest BCUT2D eigenvalue weighted by Gasteiger charge is -2.26. The second-order valence-electron chi connectivity index (χ2n) is 6.49. The van der Waals surface area contributed by atoms with Crippen LogP contribution in [0.15, 0.2) is 12.1 Å². The predicted molar refractivity (Wildman–Crippen MR) is 83.0 cm³/mol. The Morgan fingerprint density at radius 3 is 2.68 bits per heavy atom. The summed E-state index contributed by atoms with van der Waals surface area (Å²) >= 11 is 1.95. The molecule has 19 heavy (non-hydrogen) atoms. The predicted octanol–water partition coefficient (Wildman–Crippen LogP) is 4.12. The first kappa shape index (κ1) is 15.0. The van der Waals surface area contributed by atoms with Gasteiger partial charge in [-0.1, -0.05) is 27.7 Å². The van der Waals surface area contributed by atoms with Gasteiger partial charge in [0.05, 0.1) is 6.10 Å². The maximum absolute atomic E-state index is 5.86. The molecule has 3 heteroatoms. The topological polar surface area (TPSA) is 21.3 Å². The van der Waals surface area contributed by atoms with Gasteiger partial charge in [-0.3, -0.25) is 0 Å². The summed E-state index contributed by atoms with van der Waals surface area (Å²) in [6, 6.07) is 5.03. The average molecular weight is 281 g/mol. The molecule has 1 aliphatic heterocycles. The molecule has 0 saturated carbocycles. The Morgan fingerprint density at radius 1 is 1.42 bits per heavy atom. The fraction of sp³-hybridized carbons (Fsp3) is 0.750. The van der Waals surface area contributed by atoms with E-state index in [0.29, 0.717) is 18.1 Å². The lowest BCUT2D eigenvalue weighted by Crippen LogP contribution is -2.30. The van der Waals surface area contributed by atoms with Crippen molar-refractivity contribution in [2.75, 3.05) is 13.7 Å². The van der Waals surface area contributed by atoms with E-state index < -0.39 is 0 Å². The van der Waals surface area contributed by atoms with Crippen LogP contribution in [-0.2, 0) is 10.2 Å². The highest BCUT2D eigenvalue weighted by molar-refractivity contribution is 7.12. The van der Waals surface area contributed by atoms with Gasteiger partial charge in [-0.05, 0) is 37.4 Å². The van der Waals surface area contributed by atoms with Crippen LogP contribution in [0, 0.1) is 5.92 Å². The van der Waals surface area contributed by atoms with Crippen LogP contribution >= 0.6 is 11.3 Å². The summed E-state index contributed by atoms with van der Waals surface area (Å²) in [5.74, 6) is 0.612. The minimum atomic E-state index is 0.248. The lowest BCUT2D eigenvalue weighted by molar-refractivity contribution is 0.0786. The van der Waals surface area contributed by atoms with Gasteiger partial charge in [0.15, 0.2) is 0 Å². The second-order valence-corrected chi connectivity index (χ2v) is 7.60. The fourth-order valence-corrected chi connectivity index (χ4v) is 4.21. The van der Waals surface area contributed by atoms with Crippen LogP contribution in [0.3, 0.4) is 0 Å². The van der Waals surface area contributed by atoms with Gasteiger partial charge in [0.2, 0.25) is 0 Å². The molecule has 1 fully saturated rings. The van der Waals surface area contributed by atoms with E-state index >= 15 is 0 Å². The van der Waals surface area contributed by atoms with E-state index in [0.717, 1.165) is 13.0 Å². The molecule has 0 amide bonds. The lowest BCUT2D eigenvalue weighted by atomic mass is 9.90. The van der Waals surface area contributed by atoms with Crippen molar-refractivity contribution in [3.05, 3.63) is 21.9 Å². The molecule has 3 unspecified atom stereocenters. The first-order valence-corrected chi connectivity index (χ1v) is 8.18. The van der Waals surface area contributed by atoms with Gasteiger partial charge in [-0.2, -0.15) is 0 Å². The molecule has 108 valence electrons. The zero-order valence-corrected chi connectivity index (χ0v) is 13.6. The van der Waals surface area contributed by atoms with E-state index in [9.17, 15) is 0 Å². The summed E-state index contributed by atoms with van der Waals surface area (Å²) < 4.78 is 5.86. The summed E-state index contributed by atoms with van der Waals surface area (Å²) in [4.78, 5) is 2.93. The maximum atomic E-state index is 5.86. The number of ether oxygens (including phenoxy) is 1. The van der Waals surface area contributed by atoms with Crippen LogP contribution < -0.4 is 5.32 Å². The first-order valence-electron chi connectivity index (χ1n) is 7.36. The molecule has 0 aliphatic carbocycles. The second kappa shape index (κ2) is 5.94. The van der Waals surface area contributed by atoms with Crippen molar-refractivity contribution >= 4 is 11.3 Å². The molecule has 2 nitrogen and oxygen atoms in total. The van der Waals surface area contributed by atoms with Crippen LogP contribution in [-0.4, -0.2) is 19.8 Å². The Kier molecular flexibility index (Phi) is 4.70. The molecule has 0 radical (unpaired) electrons. The molecule has 1 saturated heterocycles. The summed E-state index contributed by atoms with van der Waals surface area (Å²) in [5, 5.41) is 3.52. The Hall–Kier alpha value is -0.380. The van der Waals surface area contributed by atoms with E-state index in [1.807, 2.05) is 11.3 Å². The van der Waals surface area contributed by atoms with Crippen molar-refractivity contribution in [3.8, 4) is 0 Å². The smallest absolute Gasteiger partial charge is 0.0620 e. The quantitative estimate of drug-likeness (QED) is 0.896. The molecule has 0 aromatic carbocycles. The van der Waals surface area contributed by atoms with Gasteiger partial charge in [0.25, 0.3) is 0 Å². The average Bonchev–Trinajstić information content (AvgIpc) is 2.97. The zero-order chi connectivity index (χ0) is 14.0. The van der Waals surface area contributed by atoms with Crippen molar-refractivity contribution in [2.24, 2.45) is 5.92 Å². The van der Waals surface area contributed by atoms with E-state index in [-0.39, 0.29) is 5.41 Å². The van der Waals surface area contributed by atoms with Gasteiger partial charge in [0, 0.05) is 28.3 Å². The Balaban J connectivity index is 2.20. The summed E-state index contributed by atoms with van der Waals surface area (Å²) in [7, 11) is 2.08. The van der Waals surface area contributed by atoms with Crippen LogP contribution in [0.4, 0.5) is 0 Å². The van der Waals surface area contributed by atoms with Gasteiger partial charge in [-0.25, -0.2) is 0 Å². The van der Waals surface area contributed by atoms with E-state index in [1.165, 1.54) is 16.2 Å². The molecule has 1 aromatic heterocycles. The van der Waals surface area contributed by atoms with Gasteiger partial charge < -0.3 is 10.1 Å². The molecule has 0 bridgehead atoms. The van der Waals surface area contributed by atoms with Gasteiger partial charge >= 0.3 is 0 Å². The monoisotopic (exact) mass is 281 g/mol. The number of thiophene rings is 1. The van der Waals surface area contributed by atoms with Crippen LogP contribution in [0.25, 0.3) is 0 Å². The van der Waals surface area contributed by atoms with E-state index in [1.54, 1.807) is 0 Å². The zero-order valence-electron chi connectivity index (χ0n) is 12.8. The minimum Gasteiger partial charge on any atom is -0.378 e. The highest BCUT2D eigenvalue weighted by Crippen LogP contribution is 2.39. The minimum absolute atomic E-state index is 0.248. The third-order valence-corrected chi connectivity index (χ3v) is 5.67. The SMILES string of the molecule is CCC1OCCC1C(NC)c1ccc(C(C)(C)C)s1. The molecule has 0 spiro atoms. The van der Waals surface area contributed by atoms with Crippen LogP contribution in [0.2, 0.25) is 0 Å². The third-order valence-electron chi connectivity index (χ3n) is 4.07. The Bertz CT molecular complexity index is 407. The highest BCUT2D eigenvalue weighted by Gasteiger charge is 2.34. The summed E-state index contributed by atoms with van der Waals surface area (Å²) in [6.07, 6.45) is 2.70. The Labute approximate surface area is 121 Å². The van der Waals surface area contributed by atoms with E-state index in [2.05, 4.69) is 52.2 Å². The largest absolute Gasteiger partial charge is 0.378 e. The molecule has 2 rings (SSSR count). The maximum Gasteiger partial charge on any atom is 0.0620 e. The fourth-order valence-electron chi connectivity index (χ4n) is 2.96. The van der Waals surface area contributed by atoms with Gasteiger partial charge in [0.1, 0.15) is 0 Å². The van der Waals surface area contributed by atoms with Gasteiger partial charge in [-0.15, -0.1) is 11.3 Å². The van der Waals surface area contributed by atoms with Crippen molar-refractivity contribution in [2.45, 2.75) is 58.1 Å². The first-order chi connectivity index (χ1) is 8.97. The van der Waals surface area contributed by atoms with E-state index in [4.69, 9.17) is 4.74 Å². The molecule has 2 heterocycles.